The van der Waals surface area contributed by atoms with Crippen LogP contribution in [0.3, 0.4) is 0 Å². The smallest absolute Gasteiger partial charge is 0.147 e. The maximum absolute atomic E-state index is 9.06. The Morgan fingerprint density at radius 2 is 2.22 bits per heavy atom. The van der Waals surface area contributed by atoms with Crippen molar-refractivity contribution in [2.45, 2.75) is 37.6 Å². The first-order valence-electron chi connectivity index (χ1n) is 6.24. The summed E-state index contributed by atoms with van der Waals surface area (Å²) in [6.07, 6.45) is 2.34. The van der Waals surface area contributed by atoms with Gasteiger partial charge in [-0.25, -0.2) is 15.8 Å². The molecule has 1 heterocycles. The minimum Gasteiger partial charge on any atom is -0.396 e. The molecule has 6 heteroatoms. The average molecular weight is 268 g/mol. The van der Waals surface area contributed by atoms with Crippen molar-refractivity contribution in [2.75, 3.05) is 17.8 Å². The van der Waals surface area contributed by atoms with E-state index in [0.717, 1.165) is 22.2 Å². The molecule has 100 valence electrons. The maximum atomic E-state index is 9.06. The fourth-order valence-electron chi connectivity index (χ4n) is 1.59. The van der Waals surface area contributed by atoms with Crippen LogP contribution in [0.2, 0.25) is 0 Å². The molecular formula is C12H20N4OS. The van der Waals surface area contributed by atoms with Crippen LogP contribution in [0.1, 0.15) is 37.1 Å². The zero-order valence-corrected chi connectivity index (χ0v) is 11.6. The number of nitrogens with zero attached hydrogens (tertiary/aromatic N) is 2. The van der Waals surface area contributed by atoms with Crippen LogP contribution < -0.4 is 11.3 Å². The molecule has 1 aromatic rings. The number of aliphatic hydroxyl groups excluding tert-OH is 1. The zero-order valence-electron chi connectivity index (χ0n) is 10.8. The molecule has 0 amide bonds. The van der Waals surface area contributed by atoms with Crippen LogP contribution in [0.5, 0.6) is 0 Å². The number of nitrogens with two attached hydrogens (primary N) is 1. The number of aliphatic hydroxyl groups is 1. The number of thioether (sulfide) groups is 1. The van der Waals surface area contributed by atoms with Crippen LogP contribution in [0.4, 0.5) is 5.82 Å². The molecule has 0 bridgehead atoms. The van der Waals surface area contributed by atoms with Gasteiger partial charge in [-0.3, -0.25) is 0 Å². The fraction of sp³-hybridized carbons (Fsp3) is 0.667. The van der Waals surface area contributed by atoms with Gasteiger partial charge in [0.2, 0.25) is 0 Å². The minimum absolute atomic E-state index is 0.203. The van der Waals surface area contributed by atoms with Crippen molar-refractivity contribution in [1.29, 1.82) is 0 Å². The van der Waals surface area contributed by atoms with Gasteiger partial charge in [-0.15, -0.1) is 11.8 Å². The lowest BCUT2D eigenvalue weighted by atomic mass is 10.2. The third-order valence-electron chi connectivity index (χ3n) is 3.01. The second-order valence-corrected chi connectivity index (χ2v) is 5.89. The molecule has 1 fully saturated rings. The van der Waals surface area contributed by atoms with Crippen LogP contribution in [0.15, 0.2) is 5.03 Å². The normalized spacial score (nSPS) is 16.7. The van der Waals surface area contributed by atoms with Gasteiger partial charge in [0.15, 0.2) is 0 Å². The molecule has 1 aromatic heterocycles. The van der Waals surface area contributed by atoms with Gasteiger partial charge < -0.3 is 10.5 Å². The summed E-state index contributed by atoms with van der Waals surface area (Å²) in [5, 5.41) is 10.0. The molecular weight excluding hydrogens is 248 g/mol. The van der Waals surface area contributed by atoms with Crippen LogP contribution in [0, 0.1) is 12.8 Å². The molecule has 1 aliphatic rings. The fourth-order valence-corrected chi connectivity index (χ4v) is 2.61. The first-order valence-corrected chi connectivity index (χ1v) is 7.23. The lowest BCUT2D eigenvalue weighted by Crippen LogP contribution is -2.13. The second-order valence-electron chi connectivity index (χ2n) is 4.88. The molecule has 0 saturated heterocycles. The molecule has 1 unspecified atom stereocenters. The van der Waals surface area contributed by atoms with Crippen LogP contribution >= 0.6 is 11.8 Å². The Labute approximate surface area is 112 Å². The Balaban J connectivity index is 2.18. The van der Waals surface area contributed by atoms with Gasteiger partial charge in [0.25, 0.3) is 0 Å². The van der Waals surface area contributed by atoms with E-state index < -0.39 is 0 Å². The Morgan fingerprint density at radius 1 is 1.50 bits per heavy atom. The lowest BCUT2D eigenvalue weighted by Gasteiger charge is -2.13. The van der Waals surface area contributed by atoms with E-state index in [2.05, 4.69) is 15.4 Å². The van der Waals surface area contributed by atoms with Gasteiger partial charge in [0, 0.05) is 23.8 Å². The molecule has 5 nitrogen and oxygen atoms in total. The van der Waals surface area contributed by atoms with Crippen molar-refractivity contribution < 1.29 is 5.11 Å². The molecule has 0 aromatic carbocycles. The van der Waals surface area contributed by atoms with Crippen LogP contribution in [0.25, 0.3) is 0 Å². The number of nitrogen functional groups attached to an aromatic ring is 1. The predicted molar refractivity (Wildman–Crippen MR) is 73.5 cm³/mol. The van der Waals surface area contributed by atoms with E-state index in [-0.39, 0.29) is 12.5 Å². The highest BCUT2D eigenvalue weighted by atomic mass is 32.2. The van der Waals surface area contributed by atoms with Crippen molar-refractivity contribution in [2.24, 2.45) is 11.8 Å². The number of hydrogen-bond donors (Lipinski definition) is 3. The summed E-state index contributed by atoms with van der Waals surface area (Å²) in [4.78, 5) is 9.07. The number of aromatic nitrogens is 2. The first-order chi connectivity index (χ1) is 8.65. The first kappa shape index (κ1) is 13.6. The molecule has 1 atom stereocenters. The second kappa shape index (κ2) is 5.86. The maximum Gasteiger partial charge on any atom is 0.147 e. The Kier molecular flexibility index (Phi) is 4.42. The highest BCUT2D eigenvalue weighted by molar-refractivity contribution is 7.99. The number of hydrogen-bond acceptors (Lipinski definition) is 6. The largest absolute Gasteiger partial charge is 0.396 e. The van der Waals surface area contributed by atoms with Crippen molar-refractivity contribution in [3.8, 4) is 0 Å². The van der Waals surface area contributed by atoms with Gasteiger partial charge in [0.05, 0.1) is 0 Å². The van der Waals surface area contributed by atoms with E-state index in [1.54, 1.807) is 11.8 Å². The quantitative estimate of drug-likeness (QED) is 0.315. The van der Waals surface area contributed by atoms with E-state index >= 15 is 0 Å². The van der Waals surface area contributed by atoms with Gasteiger partial charge in [-0.2, -0.15) is 0 Å². The van der Waals surface area contributed by atoms with Gasteiger partial charge in [-0.05, 0) is 25.7 Å². The number of hydrazine groups is 1. The summed E-state index contributed by atoms with van der Waals surface area (Å²) in [6.45, 7) is 4.19. The zero-order chi connectivity index (χ0) is 13.1. The van der Waals surface area contributed by atoms with Crippen LogP contribution in [-0.4, -0.2) is 27.4 Å². The summed E-state index contributed by atoms with van der Waals surface area (Å²) in [7, 11) is 0. The Bertz CT molecular complexity index is 423. The number of nitrogens with one attached hydrogen (secondary N) is 1. The Morgan fingerprint density at radius 3 is 2.78 bits per heavy atom. The van der Waals surface area contributed by atoms with Crippen LogP contribution in [-0.2, 0) is 0 Å². The predicted octanol–water partition coefficient (Wildman–Crippen LogP) is 1.67. The number of anilines is 1. The SMILES string of the molecule is Cc1c(NN)nc(C2CC2)nc1SCC(C)CO. The summed E-state index contributed by atoms with van der Waals surface area (Å²) in [6, 6.07) is 0. The van der Waals surface area contributed by atoms with Gasteiger partial charge in [-0.1, -0.05) is 6.92 Å². The van der Waals surface area contributed by atoms with E-state index in [1.165, 1.54) is 12.8 Å². The molecule has 4 N–H and O–H groups in total. The average Bonchev–Trinajstić information content (AvgIpc) is 3.21. The minimum atomic E-state index is 0.203. The molecule has 1 saturated carbocycles. The molecule has 18 heavy (non-hydrogen) atoms. The molecule has 1 aliphatic carbocycles. The highest BCUT2D eigenvalue weighted by Crippen LogP contribution is 2.40. The lowest BCUT2D eigenvalue weighted by molar-refractivity contribution is 0.250. The van der Waals surface area contributed by atoms with E-state index in [1.807, 2.05) is 13.8 Å². The van der Waals surface area contributed by atoms with E-state index in [4.69, 9.17) is 10.9 Å². The summed E-state index contributed by atoms with van der Waals surface area (Å²) in [5.74, 6) is 8.73. The van der Waals surface area contributed by atoms with E-state index in [9.17, 15) is 0 Å². The van der Waals surface area contributed by atoms with Crippen molar-refractivity contribution in [1.82, 2.24) is 9.97 Å². The number of rotatable bonds is 6. The topological polar surface area (TPSA) is 84.1 Å². The summed E-state index contributed by atoms with van der Waals surface area (Å²) in [5.41, 5.74) is 3.63. The standard InChI is InChI=1S/C12H20N4OS/c1-7(5-17)6-18-12-8(2)10(16-13)14-11(15-12)9-3-4-9/h7,9,17H,3-6,13H2,1-2H3,(H,14,15,16). The van der Waals surface area contributed by atoms with Crippen molar-refractivity contribution >= 4 is 17.6 Å². The molecule has 0 radical (unpaired) electrons. The molecule has 0 aliphatic heterocycles. The van der Waals surface area contributed by atoms with Crippen molar-refractivity contribution in [3.63, 3.8) is 0 Å². The van der Waals surface area contributed by atoms with Crippen molar-refractivity contribution in [3.05, 3.63) is 11.4 Å². The molecule has 0 spiro atoms. The molecule has 2 rings (SSSR count). The van der Waals surface area contributed by atoms with E-state index in [0.29, 0.717) is 11.7 Å². The highest BCUT2D eigenvalue weighted by Gasteiger charge is 2.28. The third kappa shape index (κ3) is 3.13. The van der Waals surface area contributed by atoms with Gasteiger partial charge in [0.1, 0.15) is 16.7 Å². The summed E-state index contributed by atoms with van der Waals surface area (Å²) < 4.78 is 0. The van der Waals surface area contributed by atoms with Gasteiger partial charge >= 0.3 is 0 Å². The summed E-state index contributed by atoms with van der Waals surface area (Å²) >= 11 is 1.66. The third-order valence-corrected chi connectivity index (χ3v) is 4.42. The monoisotopic (exact) mass is 268 g/mol. The Hall–Kier alpha value is -0.850.